The summed E-state index contributed by atoms with van der Waals surface area (Å²) >= 11 is 0. The van der Waals surface area contributed by atoms with Crippen molar-refractivity contribution in [2.24, 2.45) is 0 Å². The third kappa shape index (κ3) is 2.30. The minimum Gasteiger partial charge on any atom is -0.313 e. The van der Waals surface area contributed by atoms with E-state index >= 15 is 0 Å². The van der Waals surface area contributed by atoms with E-state index in [4.69, 9.17) is 0 Å². The summed E-state index contributed by atoms with van der Waals surface area (Å²) < 4.78 is 26.9. The number of benzene rings is 1. The molecule has 0 bridgehead atoms. The first-order valence-corrected chi connectivity index (χ1v) is 7.93. The number of nitrogens with one attached hydrogen (secondary N) is 1. The number of hydrogen-bond donors (Lipinski definition) is 1. The molecule has 1 N–H and O–H groups in total. The van der Waals surface area contributed by atoms with Crippen LogP contribution in [-0.2, 0) is 10.0 Å². The topological polar surface area (TPSA) is 92.5 Å². The van der Waals surface area contributed by atoms with Gasteiger partial charge in [-0.2, -0.15) is 4.31 Å². The van der Waals surface area contributed by atoms with Crippen LogP contribution >= 0.6 is 0 Å². The summed E-state index contributed by atoms with van der Waals surface area (Å²) in [6, 6.07) is 5.18. The Morgan fingerprint density at radius 1 is 1.15 bits per heavy atom. The van der Waals surface area contributed by atoms with Crippen LogP contribution in [0.15, 0.2) is 29.2 Å². The Labute approximate surface area is 116 Å². The molecule has 0 atom stereocenters. The van der Waals surface area contributed by atoms with Gasteiger partial charge in [0.15, 0.2) is 0 Å². The zero-order chi connectivity index (χ0) is 14.3. The number of non-ortho nitro benzene ring substituents is 1. The lowest BCUT2D eigenvalue weighted by Crippen LogP contribution is -2.59. The number of nitrogens with zero attached hydrogens (tertiary/aromatic N) is 2. The van der Waals surface area contributed by atoms with Crippen molar-refractivity contribution >= 4 is 15.7 Å². The monoisotopic (exact) mass is 297 g/mol. The van der Waals surface area contributed by atoms with Gasteiger partial charge in [-0.1, -0.05) is 0 Å². The number of hydrogen-bond acceptors (Lipinski definition) is 5. The van der Waals surface area contributed by atoms with Gasteiger partial charge in [-0.25, -0.2) is 8.42 Å². The standard InChI is InChI=1S/C12H15N3O4S/c16-15(17)10-3-5-12(6-4-10)20(18,19)14(9-1-2-9)11-7-13-8-11/h3-6,9,11,13H,1-2,7-8H2. The summed E-state index contributed by atoms with van der Waals surface area (Å²) in [5.74, 6) is 0. The zero-order valence-corrected chi connectivity index (χ0v) is 11.5. The van der Waals surface area contributed by atoms with E-state index in [0.29, 0.717) is 13.1 Å². The SMILES string of the molecule is O=[N+]([O-])c1ccc(S(=O)(=O)N(C2CC2)C2CNC2)cc1. The molecule has 1 heterocycles. The first-order valence-electron chi connectivity index (χ1n) is 6.49. The molecule has 108 valence electrons. The van der Waals surface area contributed by atoms with Gasteiger partial charge in [-0.15, -0.1) is 0 Å². The summed E-state index contributed by atoms with van der Waals surface area (Å²) in [6.07, 6.45) is 1.78. The van der Waals surface area contributed by atoms with Crippen molar-refractivity contribution in [3.05, 3.63) is 34.4 Å². The Morgan fingerprint density at radius 2 is 1.75 bits per heavy atom. The third-order valence-corrected chi connectivity index (χ3v) is 5.67. The van der Waals surface area contributed by atoms with E-state index in [9.17, 15) is 18.5 Å². The van der Waals surface area contributed by atoms with Gasteiger partial charge in [0.1, 0.15) is 0 Å². The van der Waals surface area contributed by atoms with Crippen molar-refractivity contribution < 1.29 is 13.3 Å². The molecule has 3 rings (SSSR count). The van der Waals surface area contributed by atoms with Gasteiger partial charge >= 0.3 is 0 Å². The van der Waals surface area contributed by atoms with E-state index in [1.165, 1.54) is 24.3 Å². The van der Waals surface area contributed by atoms with Crippen LogP contribution in [0.25, 0.3) is 0 Å². The first kappa shape index (κ1) is 13.5. The second-order valence-corrected chi connectivity index (χ2v) is 6.97. The Bertz CT molecular complexity index is 621. The van der Waals surface area contributed by atoms with E-state index in [1.54, 1.807) is 4.31 Å². The van der Waals surface area contributed by atoms with E-state index in [1.807, 2.05) is 0 Å². The third-order valence-electron chi connectivity index (χ3n) is 3.65. The summed E-state index contributed by atoms with van der Waals surface area (Å²) in [6.45, 7) is 1.34. The maximum Gasteiger partial charge on any atom is 0.269 e. The molecule has 8 heteroatoms. The predicted octanol–water partition coefficient (Wildman–Crippen LogP) is 0.720. The number of sulfonamides is 1. The van der Waals surface area contributed by atoms with Crippen LogP contribution in [0.3, 0.4) is 0 Å². The molecular formula is C12H15N3O4S. The molecule has 0 spiro atoms. The molecule has 0 amide bonds. The van der Waals surface area contributed by atoms with Crippen LogP contribution in [0.1, 0.15) is 12.8 Å². The first-order chi connectivity index (χ1) is 9.50. The number of nitro benzene ring substituents is 1. The van der Waals surface area contributed by atoms with E-state index in [0.717, 1.165) is 12.8 Å². The maximum atomic E-state index is 12.7. The molecule has 1 saturated heterocycles. The van der Waals surface area contributed by atoms with Gasteiger partial charge in [0.25, 0.3) is 5.69 Å². The normalized spacial score (nSPS) is 19.9. The largest absolute Gasteiger partial charge is 0.313 e. The lowest BCUT2D eigenvalue weighted by molar-refractivity contribution is -0.384. The van der Waals surface area contributed by atoms with Crippen LogP contribution in [0.5, 0.6) is 0 Å². The van der Waals surface area contributed by atoms with Crippen LogP contribution in [-0.4, -0.2) is 42.8 Å². The van der Waals surface area contributed by atoms with Gasteiger partial charge in [0.2, 0.25) is 10.0 Å². The minimum absolute atomic E-state index is 0.00249. The summed E-state index contributed by atoms with van der Waals surface area (Å²) in [7, 11) is -3.57. The molecule has 1 saturated carbocycles. The van der Waals surface area contributed by atoms with Crippen molar-refractivity contribution in [1.29, 1.82) is 0 Å². The van der Waals surface area contributed by atoms with Crippen LogP contribution < -0.4 is 5.32 Å². The highest BCUT2D eigenvalue weighted by atomic mass is 32.2. The fourth-order valence-corrected chi connectivity index (χ4v) is 4.20. The molecule has 0 unspecified atom stereocenters. The van der Waals surface area contributed by atoms with E-state index in [2.05, 4.69) is 5.32 Å². The predicted molar refractivity (Wildman–Crippen MR) is 71.8 cm³/mol. The maximum absolute atomic E-state index is 12.7. The molecule has 1 aliphatic carbocycles. The average molecular weight is 297 g/mol. The summed E-state index contributed by atoms with van der Waals surface area (Å²) in [5.41, 5.74) is -0.104. The van der Waals surface area contributed by atoms with Crippen LogP contribution in [0, 0.1) is 10.1 Å². The highest BCUT2D eigenvalue weighted by Crippen LogP contribution is 2.35. The Morgan fingerprint density at radius 3 is 2.15 bits per heavy atom. The second kappa shape index (κ2) is 4.80. The average Bonchev–Trinajstić information content (AvgIpc) is 3.17. The Hall–Kier alpha value is -1.51. The van der Waals surface area contributed by atoms with Crippen molar-refractivity contribution in [1.82, 2.24) is 9.62 Å². The molecule has 20 heavy (non-hydrogen) atoms. The lowest BCUT2D eigenvalue weighted by Gasteiger charge is -2.37. The lowest BCUT2D eigenvalue weighted by atomic mass is 10.2. The zero-order valence-electron chi connectivity index (χ0n) is 10.7. The van der Waals surface area contributed by atoms with Crippen LogP contribution in [0.4, 0.5) is 5.69 Å². The van der Waals surface area contributed by atoms with Gasteiger partial charge in [-0.3, -0.25) is 10.1 Å². The van der Waals surface area contributed by atoms with Crippen molar-refractivity contribution in [2.75, 3.05) is 13.1 Å². The van der Waals surface area contributed by atoms with Gasteiger partial charge in [-0.05, 0) is 25.0 Å². The smallest absolute Gasteiger partial charge is 0.269 e. The van der Waals surface area contributed by atoms with Gasteiger partial charge in [0.05, 0.1) is 15.9 Å². The molecule has 0 aromatic heterocycles. The molecular weight excluding hydrogens is 282 g/mol. The molecule has 0 radical (unpaired) electrons. The van der Waals surface area contributed by atoms with Crippen molar-refractivity contribution in [3.63, 3.8) is 0 Å². The second-order valence-electron chi connectivity index (χ2n) is 5.13. The molecule has 7 nitrogen and oxygen atoms in total. The fraction of sp³-hybridized carbons (Fsp3) is 0.500. The minimum atomic E-state index is -3.57. The van der Waals surface area contributed by atoms with E-state index in [-0.39, 0.29) is 22.7 Å². The highest BCUT2D eigenvalue weighted by molar-refractivity contribution is 7.89. The molecule has 1 aromatic rings. The Kier molecular flexibility index (Phi) is 3.23. The van der Waals surface area contributed by atoms with Crippen LogP contribution in [0.2, 0.25) is 0 Å². The highest BCUT2D eigenvalue weighted by Gasteiger charge is 2.44. The van der Waals surface area contributed by atoms with Gasteiger partial charge < -0.3 is 5.32 Å². The summed E-state index contributed by atoms with van der Waals surface area (Å²) in [5, 5.41) is 13.7. The number of rotatable bonds is 5. The quantitative estimate of drug-likeness (QED) is 0.638. The molecule has 1 aromatic carbocycles. The molecule has 1 aliphatic heterocycles. The van der Waals surface area contributed by atoms with E-state index < -0.39 is 14.9 Å². The van der Waals surface area contributed by atoms with Gasteiger partial charge in [0, 0.05) is 31.3 Å². The molecule has 2 aliphatic rings. The fourth-order valence-electron chi connectivity index (χ4n) is 2.33. The number of nitro groups is 1. The van der Waals surface area contributed by atoms with Crippen molar-refractivity contribution in [2.45, 2.75) is 29.8 Å². The van der Waals surface area contributed by atoms with Crippen molar-refractivity contribution in [3.8, 4) is 0 Å². The molecule has 2 fully saturated rings. The summed E-state index contributed by atoms with van der Waals surface area (Å²) in [4.78, 5) is 10.2. The Balaban J connectivity index is 1.91.